The fourth-order valence-electron chi connectivity index (χ4n) is 2.68. The maximum absolute atomic E-state index is 11.0. The van der Waals surface area contributed by atoms with Gasteiger partial charge in [-0.25, -0.2) is 4.98 Å². The zero-order valence-corrected chi connectivity index (χ0v) is 12.3. The summed E-state index contributed by atoms with van der Waals surface area (Å²) < 4.78 is 5.15. The van der Waals surface area contributed by atoms with E-state index < -0.39 is 4.92 Å². The third kappa shape index (κ3) is 3.05. The number of nitrogens with one attached hydrogen (secondary N) is 1. The van der Waals surface area contributed by atoms with Crippen molar-refractivity contribution in [3.63, 3.8) is 0 Å². The molecule has 1 N–H and O–H groups in total. The molecule has 0 spiro atoms. The van der Waals surface area contributed by atoms with Crippen molar-refractivity contribution in [3.05, 3.63) is 28.2 Å². The van der Waals surface area contributed by atoms with Crippen LogP contribution in [0.3, 0.4) is 0 Å². The molecule has 0 unspecified atom stereocenters. The van der Waals surface area contributed by atoms with Crippen LogP contribution < -0.4 is 5.32 Å². The van der Waals surface area contributed by atoms with E-state index in [9.17, 15) is 10.1 Å². The highest BCUT2D eigenvalue weighted by Gasteiger charge is 2.21. The van der Waals surface area contributed by atoms with E-state index in [1.165, 1.54) is 31.5 Å². The van der Waals surface area contributed by atoms with Gasteiger partial charge in [0.1, 0.15) is 12.0 Å². The summed E-state index contributed by atoms with van der Waals surface area (Å²) in [6.45, 7) is 1.70. The summed E-state index contributed by atoms with van der Waals surface area (Å²) in [7, 11) is 0. The van der Waals surface area contributed by atoms with Gasteiger partial charge < -0.3 is 9.84 Å². The molecule has 0 saturated heterocycles. The van der Waals surface area contributed by atoms with Crippen LogP contribution in [-0.4, -0.2) is 26.1 Å². The Morgan fingerprint density at radius 3 is 2.77 bits per heavy atom. The van der Waals surface area contributed by atoms with Crippen molar-refractivity contribution in [2.75, 3.05) is 5.32 Å². The third-order valence-electron chi connectivity index (χ3n) is 3.79. The van der Waals surface area contributed by atoms with Crippen molar-refractivity contribution in [3.8, 4) is 11.5 Å². The van der Waals surface area contributed by atoms with Gasteiger partial charge in [0.15, 0.2) is 5.82 Å². The Morgan fingerprint density at radius 1 is 1.36 bits per heavy atom. The molecular formula is C14H17N5O3. The molecular weight excluding hydrogens is 286 g/mol. The second kappa shape index (κ2) is 6.08. The van der Waals surface area contributed by atoms with Crippen LogP contribution >= 0.6 is 0 Å². The molecule has 3 rings (SSSR count). The molecule has 1 saturated carbocycles. The van der Waals surface area contributed by atoms with Gasteiger partial charge in [0.25, 0.3) is 11.6 Å². The second-order valence-electron chi connectivity index (χ2n) is 5.47. The van der Waals surface area contributed by atoms with E-state index in [2.05, 4.69) is 20.4 Å². The number of hydrogen-bond acceptors (Lipinski definition) is 7. The average molecular weight is 303 g/mol. The predicted molar refractivity (Wildman–Crippen MR) is 79.4 cm³/mol. The molecule has 0 bridgehead atoms. The van der Waals surface area contributed by atoms with Crippen LogP contribution in [-0.2, 0) is 0 Å². The van der Waals surface area contributed by atoms with Crippen LogP contribution in [0.4, 0.5) is 11.5 Å². The third-order valence-corrected chi connectivity index (χ3v) is 3.79. The molecule has 0 aliphatic heterocycles. The predicted octanol–water partition coefficient (Wildman–Crippen LogP) is 3.09. The first kappa shape index (κ1) is 14.4. The largest absolute Gasteiger partial charge is 0.367 e. The van der Waals surface area contributed by atoms with Crippen LogP contribution in [0.25, 0.3) is 11.5 Å². The Bertz CT molecular complexity index is 679. The number of pyridine rings is 1. The lowest BCUT2D eigenvalue weighted by molar-refractivity contribution is -0.385. The maximum atomic E-state index is 11.0. The van der Waals surface area contributed by atoms with Crippen molar-refractivity contribution in [1.82, 2.24) is 15.1 Å². The topological polar surface area (TPSA) is 107 Å². The van der Waals surface area contributed by atoms with Gasteiger partial charge in [0.2, 0.25) is 0 Å². The minimum atomic E-state index is -0.482. The standard InChI is InChI=1S/C14H17N5O3/c1-9-16-14(22-18-9)12-7-11(19(20)21)8-15-13(12)17-10-5-3-2-4-6-10/h7-8,10H,2-6H2,1H3,(H,15,17). The molecule has 1 aliphatic carbocycles. The van der Waals surface area contributed by atoms with E-state index in [1.807, 2.05) is 0 Å². The first-order valence-corrected chi connectivity index (χ1v) is 7.35. The number of aromatic nitrogens is 3. The van der Waals surface area contributed by atoms with Crippen molar-refractivity contribution in [2.24, 2.45) is 0 Å². The Balaban J connectivity index is 1.95. The number of nitro groups is 1. The van der Waals surface area contributed by atoms with Crippen LogP contribution in [0.1, 0.15) is 37.9 Å². The van der Waals surface area contributed by atoms with E-state index in [-0.39, 0.29) is 11.6 Å². The highest BCUT2D eigenvalue weighted by molar-refractivity contribution is 5.71. The molecule has 0 atom stereocenters. The fraction of sp³-hybridized carbons (Fsp3) is 0.500. The molecule has 1 aliphatic rings. The number of anilines is 1. The first-order chi connectivity index (χ1) is 10.6. The lowest BCUT2D eigenvalue weighted by Gasteiger charge is -2.23. The Kier molecular flexibility index (Phi) is 3.99. The number of hydrogen-bond donors (Lipinski definition) is 1. The van der Waals surface area contributed by atoms with Crippen LogP contribution in [0, 0.1) is 17.0 Å². The summed E-state index contributed by atoms with van der Waals surface area (Å²) in [5, 5.41) is 18.1. The summed E-state index contributed by atoms with van der Waals surface area (Å²) in [6.07, 6.45) is 7.00. The maximum Gasteiger partial charge on any atom is 0.288 e. The fourth-order valence-corrected chi connectivity index (χ4v) is 2.68. The van der Waals surface area contributed by atoms with Gasteiger partial charge in [-0.15, -0.1) is 0 Å². The van der Waals surface area contributed by atoms with Crippen LogP contribution in [0.15, 0.2) is 16.8 Å². The van der Waals surface area contributed by atoms with E-state index >= 15 is 0 Å². The van der Waals surface area contributed by atoms with Gasteiger partial charge in [-0.1, -0.05) is 24.4 Å². The van der Waals surface area contributed by atoms with Crippen LogP contribution in [0.5, 0.6) is 0 Å². The van der Waals surface area contributed by atoms with Crippen molar-refractivity contribution in [2.45, 2.75) is 45.1 Å². The van der Waals surface area contributed by atoms with E-state index in [0.29, 0.717) is 23.2 Å². The van der Waals surface area contributed by atoms with Gasteiger partial charge >= 0.3 is 0 Å². The summed E-state index contributed by atoms with van der Waals surface area (Å²) in [5.41, 5.74) is 0.375. The molecule has 2 aromatic heterocycles. The average Bonchev–Trinajstić information content (AvgIpc) is 2.95. The molecule has 0 radical (unpaired) electrons. The highest BCUT2D eigenvalue weighted by Crippen LogP contribution is 2.30. The SMILES string of the molecule is Cc1noc(-c2cc([N+](=O)[O-])cnc2NC2CCCCC2)n1. The monoisotopic (exact) mass is 303 g/mol. The van der Waals surface area contributed by atoms with Crippen molar-refractivity contribution in [1.29, 1.82) is 0 Å². The number of aryl methyl sites for hydroxylation is 1. The van der Waals surface area contributed by atoms with Gasteiger partial charge in [-0.3, -0.25) is 10.1 Å². The summed E-state index contributed by atoms with van der Waals surface area (Å²) in [6, 6.07) is 1.75. The molecule has 0 amide bonds. The van der Waals surface area contributed by atoms with E-state index in [4.69, 9.17) is 4.52 Å². The van der Waals surface area contributed by atoms with E-state index in [1.54, 1.807) is 6.92 Å². The first-order valence-electron chi connectivity index (χ1n) is 7.35. The molecule has 8 heteroatoms. The second-order valence-corrected chi connectivity index (χ2v) is 5.47. The molecule has 8 nitrogen and oxygen atoms in total. The quantitative estimate of drug-likeness (QED) is 0.683. The lowest BCUT2D eigenvalue weighted by atomic mass is 9.95. The normalized spacial score (nSPS) is 15.7. The van der Waals surface area contributed by atoms with Crippen molar-refractivity contribution < 1.29 is 9.45 Å². The molecule has 2 heterocycles. The van der Waals surface area contributed by atoms with Gasteiger partial charge in [0, 0.05) is 12.1 Å². The summed E-state index contributed by atoms with van der Waals surface area (Å²) in [4.78, 5) is 18.8. The highest BCUT2D eigenvalue weighted by atomic mass is 16.6. The minimum absolute atomic E-state index is 0.0972. The van der Waals surface area contributed by atoms with Gasteiger partial charge in [-0.05, 0) is 19.8 Å². The number of nitrogens with zero attached hydrogens (tertiary/aromatic N) is 4. The Labute approximate surface area is 127 Å². The Morgan fingerprint density at radius 2 is 2.14 bits per heavy atom. The van der Waals surface area contributed by atoms with Crippen LogP contribution in [0.2, 0.25) is 0 Å². The molecule has 0 aromatic carbocycles. The van der Waals surface area contributed by atoms with Crippen molar-refractivity contribution >= 4 is 11.5 Å². The zero-order chi connectivity index (χ0) is 15.5. The lowest BCUT2D eigenvalue weighted by Crippen LogP contribution is -2.23. The minimum Gasteiger partial charge on any atom is -0.367 e. The molecule has 1 fully saturated rings. The smallest absolute Gasteiger partial charge is 0.288 e. The molecule has 2 aromatic rings. The van der Waals surface area contributed by atoms with E-state index in [0.717, 1.165) is 12.8 Å². The summed E-state index contributed by atoms with van der Waals surface area (Å²) in [5.74, 6) is 1.28. The zero-order valence-electron chi connectivity index (χ0n) is 12.3. The van der Waals surface area contributed by atoms with Gasteiger partial charge in [-0.2, -0.15) is 4.98 Å². The Hall–Kier alpha value is -2.51. The molecule has 116 valence electrons. The van der Waals surface area contributed by atoms with Gasteiger partial charge in [0.05, 0.1) is 10.5 Å². The summed E-state index contributed by atoms with van der Waals surface area (Å²) >= 11 is 0. The number of rotatable bonds is 4. The molecule has 22 heavy (non-hydrogen) atoms.